The summed E-state index contributed by atoms with van der Waals surface area (Å²) in [5.41, 5.74) is 3.88. The zero-order valence-corrected chi connectivity index (χ0v) is 10.9. The predicted molar refractivity (Wildman–Crippen MR) is 78.3 cm³/mol. The van der Waals surface area contributed by atoms with Crippen LogP contribution in [0.25, 0.3) is 21.8 Å². The summed E-state index contributed by atoms with van der Waals surface area (Å²) in [6, 6.07) is 13.9. The molecule has 0 aliphatic heterocycles. The predicted octanol–water partition coefficient (Wildman–Crippen LogP) is 3.65. The molecular weight excluding hydrogens is 236 g/mol. The number of hydrogen-bond acceptors (Lipinski definition) is 2. The summed E-state index contributed by atoms with van der Waals surface area (Å²) in [5.74, 6) is -0.0724. The smallest absolute Gasteiger partial charge is 0.221 e. The van der Waals surface area contributed by atoms with Gasteiger partial charge < -0.3 is 5.32 Å². The molecule has 19 heavy (non-hydrogen) atoms. The second-order valence-electron chi connectivity index (χ2n) is 4.67. The van der Waals surface area contributed by atoms with Gasteiger partial charge in [0, 0.05) is 23.4 Å². The van der Waals surface area contributed by atoms with E-state index < -0.39 is 0 Å². The molecule has 3 heteroatoms. The van der Waals surface area contributed by atoms with Crippen molar-refractivity contribution < 1.29 is 4.79 Å². The molecule has 3 rings (SSSR count). The van der Waals surface area contributed by atoms with Crippen molar-refractivity contribution in [2.24, 2.45) is 0 Å². The van der Waals surface area contributed by atoms with Crippen molar-refractivity contribution in [2.75, 3.05) is 5.32 Å². The largest absolute Gasteiger partial charge is 0.326 e. The molecule has 94 valence electrons. The Bertz CT molecular complexity index is 793. The van der Waals surface area contributed by atoms with Gasteiger partial charge in [0.1, 0.15) is 0 Å². The van der Waals surface area contributed by atoms with Gasteiger partial charge in [0.25, 0.3) is 0 Å². The van der Waals surface area contributed by atoms with Gasteiger partial charge in [0.15, 0.2) is 0 Å². The van der Waals surface area contributed by atoms with Gasteiger partial charge >= 0.3 is 0 Å². The second kappa shape index (κ2) is 4.35. The van der Waals surface area contributed by atoms with Gasteiger partial charge in [-0.3, -0.25) is 4.79 Å². The molecule has 3 aromatic rings. The van der Waals surface area contributed by atoms with Gasteiger partial charge in [-0.1, -0.05) is 24.3 Å². The number of pyridine rings is 1. The lowest BCUT2D eigenvalue weighted by atomic mass is 10.0. The molecule has 0 spiro atoms. The van der Waals surface area contributed by atoms with Crippen LogP contribution in [0.5, 0.6) is 0 Å². The number of carbonyl (C=O) groups is 1. The van der Waals surface area contributed by atoms with Crippen LogP contribution in [0.4, 0.5) is 5.69 Å². The Balaban J connectivity index is 2.28. The first-order chi connectivity index (χ1) is 9.15. The van der Waals surface area contributed by atoms with Crippen LogP contribution in [-0.4, -0.2) is 10.9 Å². The number of aromatic nitrogens is 1. The topological polar surface area (TPSA) is 42.0 Å². The Morgan fingerprint density at radius 1 is 1.05 bits per heavy atom. The quantitative estimate of drug-likeness (QED) is 0.670. The summed E-state index contributed by atoms with van der Waals surface area (Å²) in [6.07, 6.45) is 0. The van der Waals surface area contributed by atoms with E-state index in [1.54, 1.807) is 0 Å². The normalized spacial score (nSPS) is 10.8. The van der Waals surface area contributed by atoms with E-state index in [1.165, 1.54) is 17.9 Å². The Morgan fingerprint density at radius 3 is 2.58 bits per heavy atom. The highest BCUT2D eigenvalue weighted by Crippen LogP contribution is 2.26. The molecule has 0 atom stereocenters. The van der Waals surface area contributed by atoms with Crippen molar-refractivity contribution in [2.45, 2.75) is 13.8 Å². The van der Waals surface area contributed by atoms with Gasteiger partial charge in [-0.05, 0) is 30.7 Å². The van der Waals surface area contributed by atoms with Crippen LogP contribution < -0.4 is 5.32 Å². The number of amides is 1. The van der Waals surface area contributed by atoms with Crippen LogP contribution >= 0.6 is 0 Å². The number of hydrogen-bond donors (Lipinski definition) is 1. The minimum Gasteiger partial charge on any atom is -0.326 e. The van der Waals surface area contributed by atoms with Crippen molar-refractivity contribution in [3.63, 3.8) is 0 Å². The Kier molecular flexibility index (Phi) is 2.67. The van der Waals surface area contributed by atoms with Gasteiger partial charge in [0.2, 0.25) is 5.91 Å². The second-order valence-corrected chi connectivity index (χ2v) is 4.67. The number of rotatable bonds is 1. The molecule has 0 saturated carbocycles. The molecular formula is C16H14N2O. The lowest BCUT2D eigenvalue weighted by molar-refractivity contribution is -0.114. The van der Waals surface area contributed by atoms with E-state index in [9.17, 15) is 4.79 Å². The maximum atomic E-state index is 11.1. The van der Waals surface area contributed by atoms with Crippen molar-refractivity contribution in [3.8, 4) is 0 Å². The number of benzene rings is 2. The molecule has 1 N–H and O–H groups in total. The van der Waals surface area contributed by atoms with Crippen molar-refractivity contribution >= 4 is 33.4 Å². The molecule has 0 unspecified atom stereocenters. The average Bonchev–Trinajstić information content (AvgIpc) is 2.38. The summed E-state index contributed by atoms with van der Waals surface area (Å²) < 4.78 is 0. The van der Waals surface area contributed by atoms with Crippen molar-refractivity contribution in [1.29, 1.82) is 0 Å². The molecule has 0 aliphatic rings. The lowest BCUT2D eigenvalue weighted by Crippen LogP contribution is -2.05. The van der Waals surface area contributed by atoms with Gasteiger partial charge in [-0.15, -0.1) is 0 Å². The fraction of sp³-hybridized carbons (Fsp3) is 0.125. The van der Waals surface area contributed by atoms with E-state index in [0.717, 1.165) is 22.1 Å². The number of carbonyl (C=O) groups excluding carboxylic acids is 1. The summed E-state index contributed by atoms with van der Waals surface area (Å²) >= 11 is 0. The van der Waals surface area contributed by atoms with Crippen molar-refractivity contribution in [3.05, 3.63) is 48.0 Å². The van der Waals surface area contributed by atoms with Gasteiger partial charge in [-0.25, -0.2) is 4.98 Å². The maximum absolute atomic E-state index is 11.1. The molecule has 1 heterocycles. The fourth-order valence-electron chi connectivity index (χ4n) is 2.39. The first kappa shape index (κ1) is 11.7. The number of anilines is 1. The SMILES string of the molecule is CC(=O)Nc1ccc2c(C)c3ccccc3nc2c1. The van der Waals surface area contributed by atoms with Crippen molar-refractivity contribution in [1.82, 2.24) is 4.98 Å². The van der Waals surface area contributed by atoms with E-state index in [4.69, 9.17) is 0 Å². The van der Waals surface area contributed by atoms with E-state index in [-0.39, 0.29) is 5.91 Å². The third-order valence-corrected chi connectivity index (χ3v) is 3.27. The monoisotopic (exact) mass is 250 g/mol. The zero-order valence-electron chi connectivity index (χ0n) is 10.9. The molecule has 0 saturated heterocycles. The van der Waals surface area contributed by atoms with Crippen LogP contribution in [0.3, 0.4) is 0 Å². The first-order valence-corrected chi connectivity index (χ1v) is 6.22. The number of aryl methyl sites for hydroxylation is 1. The summed E-state index contributed by atoms with van der Waals surface area (Å²) in [4.78, 5) is 15.8. The highest BCUT2D eigenvalue weighted by Gasteiger charge is 2.06. The van der Waals surface area contributed by atoms with Crippen LogP contribution in [-0.2, 0) is 4.79 Å². The Labute approximate surface area is 111 Å². The van der Waals surface area contributed by atoms with E-state index >= 15 is 0 Å². The molecule has 1 aromatic heterocycles. The average molecular weight is 250 g/mol. The van der Waals surface area contributed by atoms with Crippen LogP contribution in [0.15, 0.2) is 42.5 Å². The summed E-state index contributed by atoms with van der Waals surface area (Å²) in [6.45, 7) is 3.60. The van der Waals surface area contributed by atoms with Gasteiger partial charge in [0.05, 0.1) is 11.0 Å². The zero-order chi connectivity index (χ0) is 13.4. The highest BCUT2D eigenvalue weighted by atomic mass is 16.1. The molecule has 0 aliphatic carbocycles. The van der Waals surface area contributed by atoms with E-state index in [0.29, 0.717) is 0 Å². The summed E-state index contributed by atoms with van der Waals surface area (Å²) in [7, 11) is 0. The number of nitrogens with zero attached hydrogens (tertiary/aromatic N) is 1. The van der Waals surface area contributed by atoms with E-state index in [2.05, 4.69) is 23.3 Å². The number of para-hydroxylation sites is 1. The molecule has 3 nitrogen and oxygen atoms in total. The van der Waals surface area contributed by atoms with Gasteiger partial charge in [-0.2, -0.15) is 0 Å². The Hall–Kier alpha value is -2.42. The third kappa shape index (κ3) is 2.03. The van der Waals surface area contributed by atoms with E-state index in [1.807, 2.05) is 36.4 Å². The first-order valence-electron chi connectivity index (χ1n) is 6.22. The number of fused-ring (bicyclic) bond motifs is 2. The van der Waals surface area contributed by atoms with Crippen LogP contribution in [0.2, 0.25) is 0 Å². The standard InChI is InChI=1S/C16H14N2O/c1-10-13-5-3-4-6-15(13)18-16-9-12(17-11(2)19)7-8-14(10)16/h3-9H,1-2H3,(H,17,19). The molecule has 2 aromatic carbocycles. The maximum Gasteiger partial charge on any atom is 0.221 e. The lowest BCUT2D eigenvalue weighted by Gasteiger charge is -2.08. The third-order valence-electron chi connectivity index (χ3n) is 3.27. The van der Waals surface area contributed by atoms with Crippen LogP contribution in [0.1, 0.15) is 12.5 Å². The summed E-state index contributed by atoms with van der Waals surface area (Å²) in [5, 5.41) is 5.07. The number of nitrogens with one attached hydrogen (secondary N) is 1. The molecule has 0 bridgehead atoms. The van der Waals surface area contributed by atoms with Crippen LogP contribution in [0, 0.1) is 6.92 Å². The molecule has 1 amide bonds. The molecule has 0 fully saturated rings. The minimum absolute atomic E-state index is 0.0724. The Morgan fingerprint density at radius 2 is 1.79 bits per heavy atom. The minimum atomic E-state index is -0.0724. The fourth-order valence-corrected chi connectivity index (χ4v) is 2.39. The molecule has 0 radical (unpaired) electrons. The highest BCUT2D eigenvalue weighted by molar-refractivity contribution is 5.99.